The van der Waals surface area contributed by atoms with Crippen molar-refractivity contribution >= 4 is 37.9 Å². The van der Waals surface area contributed by atoms with Crippen molar-refractivity contribution in [3.63, 3.8) is 0 Å². The molecule has 25 heavy (non-hydrogen) atoms. The molecule has 0 saturated heterocycles. The monoisotopic (exact) mass is 377 g/mol. The van der Waals surface area contributed by atoms with Crippen LogP contribution in [0.1, 0.15) is 20.9 Å². The lowest BCUT2D eigenvalue weighted by molar-refractivity contribution is 0.0737. The summed E-state index contributed by atoms with van der Waals surface area (Å²) in [5.74, 6) is -0.0669. The maximum atomic E-state index is 12.9. The normalized spacial score (nSPS) is 14.5. The Balaban J connectivity index is 1.60. The SMILES string of the molecule is CS(=O)(=O)Nc1nc2c(s1)CN(C(=O)c1cccn3nccc13)CC2. The van der Waals surface area contributed by atoms with Crippen molar-refractivity contribution in [2.24, 2.45) is 0 Å². The predicted molar refractivity (Wildman–Crippen MR) is 94.2 cm³/mol. The molecule has 4 rings (SSSR count). The van der Waals surface area contributed by atoms with E-state index in [9.17, 15) is 13.2 Å². The smallest absolute Gasteiger partial charge is 0.256 e. The van der Waals surface area contributed by atoms with Gasteiger partial charge in [0.25, 0.3) is 5.91 Å². The quantitative estimate of drug-likeness (QED) is 0.743. The highest BCUT2D eigenvalue weighted by Crippen LogP contribution is 2.29. The van der Waals surface area contributed by atoms with E-state index in [-0.39, 0.29) is 5.91 Å². The highest BCUT2D eigenvalue weighted by Gasteiger charge is 2.26. The molecule has 0 spiro atoms. The fourth-order valence-corrected chi connectivity index (χ4v) is 4.73. The van der Waals surface area contributed by atoms with Gasteiger partial charge in [0.2, 0.25) is 10.0 Å². The number of hydrogen-bond donors (Lipinski definition) is 1. The zero-order valence-corrected chi connectivity index (χ0v) is 15.0. The molecular weight excluding hydrogens is 362 g/mol. The lowest BCUT2D eigenvalue weighted by Gasteiger charge is -2.26. The fourth-order valence-electron chi connectivity index (χ4n) is 2.87. The zero-order valence-electron chi connectivity index (χ0n) is 13.3. The van der Waals surface area contributed by atoms with Crippen molar-refractivity contribution in [3.05, 3.63) is 46.7 Å². The minimum absolute atomic E-state index is 0.0669. The number of thiazole rings is 1. The van der Waals surface area contributed by atoms with Crippen LogP contribution in [0.15, 0.2) is 30.6 Å². The molecule has 3 aromatic heterocycles. The van der Waals surface area contributed by atoms with Gasteiger partial charge in [-0.1, -0.05) is 11.3 Å². The van der Waals surface area contributed by atoms with Crippen molar-refractivity contribution in [3.8, 4) is 0 Å². The van der Waals surface area contributed by atoms with E-state index in [1.165, 1.54) is 11.3 Å². The summed E-state index contributed by atoms with van der Waals surface area (Å²) < 4.78 is 26.8. The van der Waals surface area contributed by atoms with Gasteiger partial charge in [-0.3, -0.25) is 9.52 Å². The molecule has 1 N–H and O–H groups in total. The van der Waals surface area contributed by atoms with E-state index < -0.39 is 10.0 Å². The summed E-state index contributed by atoms with van der Waals surface area (Å²) in [6.45, 7) is 0.968. The van der Waals surface area contributed by atoms with Crippen molar-refractivity contribution in [2.45, 2.75) is 13.0 Å². The standard InChI is InChI=1S/C15H15N5O3S2/c1-25(22,23)18-15-17-11-5-8-19(9-13(11)24-15)14(21)10-3-2-7-20-12(10)4-6-16-20/h2-4,6-7H,5,8-9H2,1H3,(H,17,18). The Morgan fingerprint density at radius 1 is 1.36 bits per heavy atom. The first-order valence-corrected chi connectivity index (χ1v) is 10.3. The van der Waals surface area contributed by atoms with Crippen LogP contribution in [0, 0.1) is 0 Å². The van der Waals surface area contributed by atoms with E-state index >= 15 is 0 Å². The first-order valence-electron chi connectivity index (χ1n) is 7.59. The van der Waals surface area contributed by atoms with Crippen LogP contribution in [0.25, 0.3) is 5.52 Å². The van der Waals surface area contributed by atoms with Crippen LogP contribution in [-0.2, 0) is 23.0 Å². The lowest BCUT2D eigenvalue weighted by Crippen LogP contribution is -2.35. The van der Waals surface area contributed by atoms with Gasteiger partial charge in [-0.2, -0.15) is 5.10 Å². The minimum Gasteiger partial charge on any atom is -0.333 e. The van der Waals surface area contributed by atoms with Crippen LogP contribution >= 0.6 is 11.3 Å². The van der Waals surface area contributed by atoms with E-state index in [1.807, 2.05) is 6.07 Å². The maximum Gasteiger partial charge on any atom is 0.256 e. The number of aromatic nitrogens is 3. The summed E-state index contributed by atoms with van der Waals surface area (Å²) in [7, 11) is -3.36. The maximum absolute atomic E-state index is 12.9. The van der Waals surface area contributed by atoms with E-state index in [2.05, 4.69) is 14.8 Å². The number of pyridine rings is 1. The minimum atomic E-state index is -3.36. The van der Waals surface area contributed by atoms with Gasteiger partial charge in [-0.25, -0.2) is 17.9 Å². The summed E-state index contributed by atoms with van der Waals surface area (Å²) in [6.07, 6.45) is 5.15. The van der Waals surface area contributed by atoms with Gasteiger partial charge in [0.1, 0.15) is 0 Å². The molecule has 0 bridgehead atoms. The van der Waals surface area contributed by atoms with Gasteiger partial charge in [0, 0.05) is 24.0 Å². The van der Waals surface area contributed by atoms with Crippen LogP contribution in [0.2, 0.25) is 0 Å². The number of amides is 1. The van der Waals surface area contributed by atoms with E-state index in [0.717, 1.165) is 22.3 Å². The van der Waals surface area contributed by atoms with E-state index in [0.29, 0.717) is 30.2 Å². The van der Waals surface area contributed by atoms with E-state index in [4.69, 9.17) is 0 Å². The Kier molecular flexibility index (Phi) is 3.73. The van der Waals surface area contributed by atoms with Crippen LogP contribution in [0.4, 0.5) is 5.13 Å². The van der Waals surface area contributed by atoms with Crippen molar-refractivity contribution in [2.75, 3.05) is 17.5 Å². The van der Waals surface area contributed by atoms with Crippen molar-refractivity contribution in [1.29, 1.82) is 0 Å². The van der Waals surface area contributed by atoms with Crippen LogP contribution in [-0.4, -0.2) is 46.6 Å². The summed E-state index contributed by atoms with van der Waals surface area (Å²) in [5.41, 5.74) is 2.22. The number of nitrogens with zero attached hydrogens (tertiary/aromatic N) is 4. The molecule has 0 aliphatic carbocycles. The number of fused-ring (bicyclic) bond motifs is 2. The van der Waals surface area contributed by atoms with Crippen molar-refractivity contribution < 1.29 is 13.2 Å². The molecule has 0 unspecified atom stereocenters. The average molecular weight is 377 g/mol. The predicted octanol–water partition coefficient (Wildman–Crippen LogP) is 1.36. The second-order valence-electron chi connectivity index (χ2n) is 5.82. The molecule has 0 saturated carbocycles. The second-order valence-corrected chi connectivity index (χ2v) is 8.65. The topological polar surface area (TPSA) is 96.7 Å². The van der Waals surface area contributed by atoms with Gasteiger partial charge in [0.05, 0.1) is 35.8 Å². The molecule has 0 atom stereocenters. The number of anilines is 1. The largest absolute Gasteiger partial charge is 0.333 e. The number of nitrogens with one attached hydrogen (secondary N) is 1. The Bertz CT molecular complexity index is 1070. The van der Waals surface area contributed by atoms with Crippen LogP contribution < -0.4 is 4.72 Å². The number of hydrogen-bond acceptors (Lipinski definition) is 6. The molecule has 1 amide bonds. The first kappa shape index (κ1) is 16.0. The van der Waals surface area contributed by atoms with Gasteiger partial charge in [-0.15, -0.1) is 0 Å². The molecule has 0 fully saturated rings. The first-order chi connectivity index (χ1) is 11.9. The summed E-state index contributed by atoms with van der Waals surface area (Å²) in [4.78, 5) is 19.9. The fraction of sp³-hybridized carbons (Fsp3) is 0.267. The molecule has 4 heterocycles. The molecule has 1 aliphatic heterocycles. The molecule has 8 nitrogen and oxygen atoms in total. The number of carbonyl (C=O) groups is 1. The summed E-state index contributed by atoms with van der Waals surface area (Å²) in [5, 5.41) is 4.50. The molecule has 0 aromatic carbocycles. The highest BCUT2D eigenvalue weighted by atomic mass is 32.2. The van der Waals surface area contributed by atoms with Crippen LogP contribution in [0.3, 0.4) is 0 Å². The molecule has 10 heteroatoms. The van der Waals surface area contributed by atoms with E-state index in [1.54, 1.807) is 33.9 Å². The number of rotatable bonds is 3. The van der Waals surface area contributed by atoms with Gasteiger partial charge in [-0.05, 0) is 18.2 Å². The van der Waals surface area contributed by atoms with Crippen molar-refractivity contribution in [1.82, 2.24) is 19.5 Å². The van der Waals surface area contributed by atoms with Gasteiger partial charge in [0.15, 0.2) is 5.13 Å². The second kappa shape index (κ2) is 5.81. The third-order valence-corrected chi connectivity index (χ3v) is 5.65. The Morgan fingerprint density at radius 2 is 2.20 bits per heavy atom. The van der Waals surface area contributed by atoms with Crippen LogP contribution in [0.5, 0.6) is 0 Å². The lowest BCUT2D eigenvalue weighted by atomic mass is 10.1. The summed E-state index contributed by atoms with van der Waals surface area (Å²) in [6, 6.07) is 5.39. The number of sulfonamides is 1. The molecule has 130 valence electrons. The summed E-state index contributed by atoms with van der Waals surface area (Å²) >= 11 is 1.27. The number of carbonyl (C=O) groups excluding carboxylic acids is 1. The molecular formula is C15H15N5O3S2. The third kappa shape index (κ3) is 3.10. The van der Waals surface area contributed by atoms with Gasteiger partial charge < -0.3 is 4.90 Å². The molecule has 0 radical (unpaired) electrons. The highest BCUT2D eigenvalue weighted by molar-refractivity contribution is 7.92. The average Bonchev–Trinajstić information content (AvgIpc) is 3.17. The molecule has 3 aromatic rings. The molecule has 1 aliphatic rings. The zero-order chi connectivity index (χ0) is 17.6. The third-order valence-electron chi connectivity index (χ3n) is 3.96. The Morgan fingerprint density at radius 3 is 3.00 bits per heavy atom. The van der Waals surface area contributed by atoms with Gasteiger partial charge >= 0.3 is 0 Å². The Hall–Kier alpha value is -2.46. The Labute approximate surface area is 148 Å².